The smallest absolute Gasteiger partial charge is 0.0242 e. The van der Waals surface area contributed by atoms with E-state index in [1.165, 1.54) is 38.5 Å². The van der Waals surface area contributed by atoms with Gasteiger partial charge in [0.2, 0.25) is 0 Å². The minimum atomic E-state index is 1.23. The summed E-state index contributed by atoms with van der Waals surface area (Å²) in [5, 5.41) is 0. The largest absolute Gasteiger partial charge is 0.0654 e. The van der Waals surface area contributed by atoms with Gasteiger partial charge in [0, 0.05) is 0 Å². The van der Waals surface area contributed by atoms with Crippen LogP contribution in [0.15, 0.2) is 9.66 Å². The van der Waals surface area contributed by atoms with Crippen molar-refractivity contribution in [1.29, 1.82) is 0 Å². The number of halogens is 1. The minimum Gasteiger partial charge on any atom is -0.0654 e. The molecule has 0 N–H and O–H groups in total. The van der Waals surface area contributed by atoms with Crippen molar-refractivity contribution in [1.82, 2.24) is 0 Å². The molecule has 0 unspecified atom stereocenters. The van der Waals surface area contributed by atoms with Crippen molar-refractivity contribution < 1.29 is 0 Å². The third-order valence-electron chi connectivity index (χ3n) is 1.96. The second-order valence-electron chi connectivity index (χ2n) is 2.93. The minimum absolute atomic E-state index is 1.23. The van der Waals surface area contributed by atoms with Gasteiger partial charge in [0.1, 0.15) is 0 Å². The second kappa shape index (κ2) is 8.57. The first-order chi connectivity index (χ1) is 5.35. The molecule has 0 radical (unpaired) electrons. The van der Waals surface area contributed by atoms with Gasteiger partial charge in [-0.3, -0.25) is 0 Å². The molecule has 0 aromatic carbocycles. The molecule has 0 rings (SSSR count). The van der Waals surface area contributed by atoms with Crippen LogP contribution in [0.1, 0.15) is 52.4 Å². The maximum absolute atomic E-state index is 2.35. The Labute approximate surface area is 84.6 Å². The first kappa shape index (κ1) is 11.5. The van der Waals surface area contributed by atoms with Crippen LogP contribution in [0.3, 0.4) is 0 Å². The highest BCUT2D eigenvalue weighted by Gasteiger charge is 1.92. The molecule has 0 aliphatic carbocycles. The lowest BCUT2D eigenvalue weighted by molar-refractivity contribution is 0.658. The maximum atomic E-state index is 2.35. The summed E-state index contributed by atoms with van der Waals surface area (Å²) < 4.78 is 2.24. The lowest BCUT2D eigenvalue weighted by Crippen LogP contribution is -1.81. The lowest BCUT2D eigenvalue weighted by atomic mass is 10.1. The van der Waals surface area contributed by atoms with Crippen molar-refractivity contribution in [3.8, 4) is 0 Å². The number of rotatable bonds is 6. The molecule has 0 saturated carbocycles. The van der Waals surface area contributed by atoms with Crippen molar-refractivity contribution in [3.05, 3.63) is 9.66 Å². The summed E-state index contributed by atoms with van der Waals surface area (Å²) >= 11 is 2.35. The summed E-state index contributed by atoms with van der Waals surface area (Å²) in [4.78, 5) is 0. The zero-order valence-electron chi connectivity index (χ0n) is 7.70. The third kappa shape index (κ3) is 6.85. The average molecular weight is 266 g/mol. The average Bonchev–Trinajstić information content (AvgIpc) is 2.05. The van der Waals surface area contributed by atoms with Crippen molar-refractivity contribution in [3.63, 3.8) is 0 Å². The van der Waals surface area contributed by atoms with Crippen LogP contribution in [0.25, 0.3) is 0 Å². The number of hydrogen-bond donors (Lipinski definition) is 0. The van der Waals surface area contributed by atoms with Gasteiger partial charge >= 0.3 is 0 Å². The number of allylic oxidation sites excluding steroid dienone is 1. The molecule has 0 aromatic rings. The van der Waals surface area contributed by atoms with Gasteiger partial charge in [-0.1, -0.05) is 61.3 Å². The Morgan fingerprint density at radius 3 is 2.36 bits per heavy atom. The molecule has 0 atom stereocenters. The Morgan fingerprint density at radius 1 is 1.18 bits per heavy atom. The predicted molar refractivity (Wildman–Crippen MR) is 61.2 cm³/mol. The molecule has 0 bridgehead atoms. The van der Waals surface area contributed by atoms with E-state index in [9.17, 15) is 0 Å². The fourth-order valence-corrected chi connectivity index (χ4v) is 1.84. The normalized spacial score (nSPS) is 12.1. The summed E-state index contributed by atoms with van der Waals surface area (Å²) in [5.41, 5.74) is 1.61. The predicted octanol–water partition coefficient (Wildman–Crippen LogP) is 4.69. The summed E-state index contributed by atoms with van der Waals surface area (Å²) in [7, 11) is 0. The zero-order chi connectivity index (χ0) is 8.53. The fraction of sp³-hybridized carbons (Fsp3) is 0.800. The topological polar surface area (TPSA) is 0 Å². The Hall–Kier alpha value is 0.470. The molecule has 0 amide bonds. The molecule has 0 spiro atoms. The van der Waals surface area contributed by atoms with Crippen molar-refractivity contribution in [2.45, 2.75) is 52.4 Å². The van der Waals surface area contributed by atoms with Gasteiger partial charge in [-0.15, -0.1) is 0 Å². The van der Waals surface area contributed by atoms with Gasteiger partial charge < -0.3 is 0 Å². The highest BCUT2D eigenvalue weighted by molar-refractivity contribution is 14.1. The fourth-order valence-electron chi connectivity index (χ4n) is 1.09. The molecule has 0 aromatic heterocycles. The molecule has 11 heavy (non-hydrogen) atoms. The van der Waals surface area contributed by atoms with Crippen LogP contribution in [0.4, 0.5) is 0 Å². The van der Waals surface area contributed by atoms with Crippen molar-refractivity contribution >= 4 is 22.6 Å². The molecule has 0 aliphatic rings. The van der Waals surface area contributed by atoms with E-state index in [-0.39, 0.29) is 0 Å². The molecule has 66 valence electrons. The van der Waals surface area contributed by atoms with E-state index in [4.69, 9.17) is 0 Å². The van der Waals surface area contributed by atoms with Crippen LogP contribution in [0, 0.1) is 0 Å². The Kier molecular flexibility index (Phi) is 8.93. The third-order valence-corrected chi connectivity index (χ3v) is 2.84. The maximum Gasteiger partial charge on any atom is -0.0242 e. The summed E-state index contributed by atoms with van der Waals surface area (Å²) in [5.74, 6) is 0. The highest BCUT2D eigenvalue weighted by Crippen LogP contribution is 2.14. The molecule has 0 fully saturated rings. The first-order valence-corrected chi connectivity index (χ1v) is 5.87. The Balaban J connectivity index is 3.22. The van der Waals surface area contributed by atoms with Gasteiger partial charge in [0.25, 0.3) is 0 Å². The quantitative estimate of drug-likeness (QED) is 0.483. The number of hydrogen-bond acceptors (Lipinski definition) is 0. The second-order valence-corrected chi connectivity index (χ2v) is 3.55. The van der Waals surface area contributed by atoms with E-state index in [0.717, 1.165) is 0 Å². The van der Waals surface area contributed by atoms with E-state index < -0.39 is 0 Å². The van der Waals surface area contributed by atoms with E-state index in [1.54, 1.807) is 5.57 Å². The van der Waals surface area contributed by atoms with Crippen LogP contribution in [-0.4, -0.2) is 0 Å². The summed E-state index contributed by atoms with van der Waals surface area (Å²) in [6.45, 7) is 4.50. The van der Waals surface area contributed by atoms with Crippen LogP contribution in [0.2, 0.25) is 0 Å². The van der Waals surface area contributed by atoms with Crippen LogP contribution in [-0.2, 0) is 0 Å². The lowest BCUT2D eigenvalue weighted by Gasteiger charge is -2.01. The van der Waals surface area contributed by atoms with Gasteiger partial charge in [-0.25, -0.2) is 0 Å². The van der Waals surface area contributed by atoms with E-state index in [2.05, 4.69) is 40.5 Å². The summed E-state index contributed by atoms with van der Waals surface area (Å²) in [6.07, 6.45) is 8.09. The monoisotopic (exact) mass is 266 g/mol. The van der Waals surface area contributed by atoms with Gasteiger partial charge in [0.15, 0.2) is 0 Å². The van der Waals surface area contributed by atoms with Crippen LogP contribution in [0.5, 0.6) is 0 Å². The molecule has 1 heteroatoms. The zero-order valence-corrected chi connectivity index (χ0v) is 9.86. The first-order valence-electron chi connectivity index (χ1n) is 4.63. The SMILES string of the molecule is CCCCCC/C(=C\I)CC. The van der Waals surface area contributed by atoms with Crippen LogP contribution >= 0.6 is 22.6 Å². The number of unbranched alkanes of at least 4 members (excludes halogenated alkanes) is 3. The highest BCUT2D eigenvalue weighted by atomic mass is 127. The van der Waals surface area contributed by atoms with Crippen molar-refractivity contribution in [2.75, 3.05) is 0 Å². The molecular weight excluding hydrogens is 247 g/mol. The Morgan fingerprint density at radius 2 is 1.91 bits per heavy atom. The molecular formula is C10H19I. The molecule has 0 aliphatic heterocycles. The van der Waals surface area contributed by atoms with Gasteiger partial charge in [-0.2, -0.15) is 0 Å². The molecule has 0 nitrogen and oxygen atoms in total. The van der Waals surface area contributed by atoms with Gasteiger partial charge in [-0.05, 0) is 23.3 Å². The molecule has 0 saturated heterocycles. The van der Waals surface area contributed by atoms with E-state index >= 15 is 0 Å². The molecule has 0 heterocycles. The van der Waals surface area contributed by atoms with E-state index in [1.807, 2.05) is 0 Å². The van der Waals surface area contributed by atoms with Crippen molar-refractivity contribution in [2.24, 2.45) is 0 Å². The van der Waals surface area contributed by atoms with E-state index in [0.29, 0.717) is 0 Å². The summed E-state index contributed by atoms with van der Waals surface area (Å²) in [6, 6.07) is 0. The standard InChI is InChI=1S/C10H19I/c1-3-5-6-7-8-10(4-2)9-11/h9H,3-8H2,1-2H3/b10-9-. The van der Waals surface area contributed by atoms with Gasteiger partial charge in [0.05, 0.1) is 0 Å². The van der Waals surface area contributed by atoms with Crippen LogP contribution < -0.4 is 0 Å². The Bertz CT molecular complexity index is 105.